The number of hydrogen-bond acceptors (Lipinski definition) is 3. The fourth-order valence-electron chi connectivity index (χ4n) is 2.23. The predicted octanol–water partition coefficient (Wildman–Crippen LogP) is 4.72. The molecule has 0 aliphatic heterocycles. The van der Waals surface area contributed by atoms with E-state index in [1.807, 2.05) is 60.7 Å². The Labute approximate surface area is 131 Å². The molecule has 1 heterocycles. The molecule has 3 rings (SSSR count). The summed E-state index contributed by atoms with van der Waals surface area (Å²) in [6.07, 6.45) is 1.01. The van der Waals surface area contributed by atoms with Gasteiger partial charge in [0.25, 0.3) is 0 Å². The van der Waals surface area contributed by atoms with Crippen molar-refractivity contribution < 1.29 is 0 Å². The number of aromatic nitrogens is 3. The molecule has 0 spiro atoms. The minimum Gasteiger partial charge on any atom is -0.213 e. The molecule has 0 saturated carbocycles. The summed E-state index contributed by atoms with van der Waals surface area (Å²) in [5.74, 6) is 2.65. The van der Waals surface area contributed by atoms with E-state index in [-0.39, 0.29) is 0 Å². The van der Waals surface area contributed by atoms with E-state index in [0.717, 1.165) is 35.0 Å². The molecule has 0 N–H and O–H groups in total. The Morgan fingerprint density at radius 1 is 0.727 bits per heavy atom. The van der Waals surface area contributed by atoms with E-state index in [9.17, 15) is 0 Å². The molecular weight excluding hydrogens is 270 g/mol. The summed E-state index contributed by atoms with van der Waals surface area (Å²) < 4.78 is 0. The van der Waals surface area contributed by atoms with Gasteiger partial charge in [0.05, 0.1) is 0 Å². The van der Waals surface area contributed by atoms with Gasteiger partial charge in [-0.05, 0) is 6.42 Å². The first kappa shape index (κ1) is 14.4. The van der Waals surface area contributed by atoms with Crippen molar-refractivity contribution in [2.75, 3.05) is 0 Å². The molecule has 1 atom stereocenters. The molecule has 0 amide bonds. The smallest absolute Gasteiger partial charge is 0.163 e. The van der Waals surface area contributed by atoms with E-state index in [1.54, 1.807) is 0 Å². The summed E-state index contributed by atoms with van der Waals surface area (Å²) in [5, 5.41) is 0. The van der Waals surface area contributed by atoms with Crippen molar-refractivity contribution in [1.82, 2.24) is 15.0 Å². The second-order valence-corrected chi connectivity index (χ2v) is 5.38. The van der Waals surface area contributed by atoms with Gasteiger partial charge in [-0.15, -0.1) is 0 Å². The van der Waals surface area contributed by atoms with Crippen LogP contribution in [-0.2, 0) is 0 Å². The lowest BCUT2D eigenvalue weighted by Gasteiger charge is -2.11. The van der Waals surface area contributed by atoms with Gasteiger partial charge in [-0.25, -0.2) is 15.0 Å². The Bertz CT molecular complexity index is 681. The Kier molecular flexibility index (Phi) is 4.24. The van der Waals surface area contributed by atoms with Crippen LogP contribution in [0.15, 0.2) is 60.7 Å². The van der Waals surface area contributed by atoms with Gasteiger partial charge in [-0.2, -0.15) is 0 Å². The number of hydrogen-bond donors (Lipinski definition) is 0. The first-order valence-electron chi connectivity index (χ1n) is 7.64. The fraction of sp³-hybridized carbons (Fsp3) is 0.211. The fourth-order valence-corrected chi connectivity index (χ4v) is 2.23. The van der Waals surface area contributed by atoms with Crippen molar-refractivity contribution in [3.05, 3.63) is 66.5 Å². The molecular formula is C19H19N3. The van der Waals surface area contributed by atoms with Crippen LogP contribution in [0.1, 0.15) is 32.0 Å². The second-order valence-electron chi connectivity index (χ2n) is 5.38. The van der Waals surface area contributed by atoms with Crippen LogP contribution < -0.4 is 0 Å². The van der Waals surface area contributed by atoms with Crippen LogP contribution in [0, 0.1) is 0 Å². The third-order valence-corrected chi connectivity index (χ3v) is 3.77. The van der Waals surface area contributed by atoms with E-state index in [0.29, 0.717) is 5.92 Å². The van der Waals surface area contributed by atoms with Crippen LogP contribution in [-0.4, -0.2) is 15.0 Å². The maximum Gasteiger partial charge on any atom is 0.163 e. The van der Waals surface area contributed by atoms with Crippen LogP contribution >= 0.6 is 0 Å². The summed E-state index contributed by atoms with van der Waals surface area (Å²) in [4.78, 5) is 14.0. The molecule has 0 saturated heterocycles. The van der Waals surface area contributed by atoms with E-state index < -0.39 is 0 Å². The number of benzene rings is 2. The highest BCUT2D eigenvalue weighted by atomic mass is 15.0. The van der Waals surface area contributed by atoms with Gasteiger partial charge < -0.3 is 0 Å². The maximum atomic E-state index is 4.68. The molecule has 0 aliphatic rings. The van der Waals surface area contributed by atoms with Gasteiger partial charge in [0.1, 0.15) is 5.82 Å². The van der Waals surface area contributed by atoms with E-state index >= 15 is 0 Å². The molecule has 1 unspecified atom stereocenters. The van der Waals surface area contributed by atoms with Crippen LogP contribution in [0.25, 0.3) is 22.8 Å². The largest absolute Gasteiger partial charge is 0.213 e. The monoisotopic (exact) mass is 289 g/mol. The first-order chi connectivity index (χ1) is 10.8. The normalized spacial score (nSPS) is 12.1. The van der Waals surface area contributed by atoms with Crippen LogP contribution in [0.2, 0.25) is 0 Å². The zero-order valence-corrected chi connectivity index (χ0v) is 12.9. The van der Waals surface area contributed by atoms with E-state index in [1.165, 1.54) is 0 Å². The molecule has 3 aromatic rings. The molecule has 3 nitrogen and oxygen atoms in total. The summed E-state index contributed by atoms with van der Waals surface area (Å²) in [6.45, 7) is 4.30. The average molecular weight is 289 g/mol. The molecule has 22 heavy (non-hydrogen) atoms. The van der Waals surface area contributed by atoms with Gasteiger partial charge in [0, 0.05) is 17.0 Å². The molecule has 2 aromatic carbocycles. The first-order valence-corrected chi connectivity index (χ1v) is 7.64. The van der Waals surface area contributed by atoms with Crippen molar-refractivity contribution in [3.63, 3.8) is 0 Å². The van der Waals surface area contributed by atoms with Gasteiger partial charge >= 0.3 is 0 Å². The zero-order valence-electron chi connectivity index (χ0n) is 12.9. The van der Waals surface area contributed by atoms with Crippen molar-refractivity contribution in [2.24, 2.45) is 0 Å². The van der Waals surface area contributed by atoms with Crippen molar-refractivity contribution in [1.29, 1.82) is 0 Å². The van der Waals surface area contributed by atoms with Crippen LogP contribution in [0.3, 0.4) is 0 Å². The second kappa shape index (κ2) is 6.48. The average Bonchev–Trinajstić information content (AvgIpc) is 2.62. The lowest BCUT2D eigenvalue weighted by atomic mass is 10.1. The van der Waals surface area contributed by atoms with E-state index in [2.05, 4.69) is 28.8 Å². The van der Waals surface area contributed by atoms with Gasteiger partial charge in [0.2, 0.25) is 0 Å². The topological polar surface area (TPSA) is 38.7 Å². The molecule has 0 fully saturated rings. The quantitative estimate of drug-likeness (QED) is 0.697. The van der Waals surface area contributed by atoms with E-state index in [4.69, 9.17) is 0 Å². The number of nitrogens with zero attached hydrogens (tertiary/aromatic N) is 3. The Hall–Kier alpha value is -2.55. The summed E-state index contributed by atoms with van der Waals surface area (Å²) in [7, 11) is 0. The third kappa shape index (κ3) is 3.03. The Morgan fingerprint density at radius 2 is 1.18 bits per heavy atom. The molecule has 0 aliphatic carbocycles. The summed E-state index contributed by atoms with van der Waals surface area (Å²) in [5.41, 5.74) is 2.04. The van der Waals surface area contributed by atoms with Crippen molar-refractivity contribution in [3.8, 4) is 22.8 Å². The number of rotatable bonds is 4. The molecule has 110 valence electrons. The SMILES string of the molecule is CCC(C)c1nc(-c2ccccc2)nc(-c2ccccc2)n1. The van der Waals surface area contributed by atoms with Gasteiger partial charge in [-0.1, -0.05) is 74.5 Å². The zero-order chi connectivity index (χ0) is 15.4. The lowest BCUT2D eigenvalue weighted by Crippen LogP contribution is -2.05. The standard InChI is InChI=1S/C19H19N3/c1-3-14(2)17-20-18(15-10-6-4-7-11-15)22-19(21-17)16-12-8-5-9-13-16/h4-14H,3H2,1-2H3. The summed E-state index contributed by atoms with van der Waals surface area (Å²) in [6, 6.07) is 20.1. The summed E-state index contributed by atoms with van der Waals surface area (Å²) >= 11 is 0. The van der Waals surface area contributed by atoms with Gasteiger partial charge in [-0.3, -0.25) is 0 Å². The molecule has 3 heteroatoms. The Balaban J connectivity index is 2.14. The Morgan fingerprint density at radius 3 is 1.59 bits per heavy atom. The molecule has 0 radical (unpaired) electrons. The van der Waals surface area contributed by atoms with Gasteiger partial charge in [0.15, 0.2) is 11.6 Å². The lowest BCUT2D eigenvalue weighted by molar-refractivity contribution is 0.675. The molecule has 0 bridgehead atoms. The van der Waals surface area contributed by atoms with Crippen LogP contribution in [0.5, 0.6) is 0 Å². The highest BCUT2D eigenvalue weighted by Crippen LogP contribution is 2.23. The third-order valence-electron chi connectivity index (χ3n) is 3.77. The highest BCUT2D eigenvalue weighted by Gasteiger charge is 2.13. The van der Waals surface area contributed by atoms with Crippen LogP contribution in [0.4, 0.5) is 0 Å². The van der Waals surface area contributed by atoms with Crippen molar-refractivity contribution >= 4 is 0 Å². The maximum absolute atomic E-state index is 4.68. The predicted molar refractivity (Wildman–Crippen MR) is 89.4 cm³/mol. The molecule has 1 aromatic heterocycles. The minimum absolute atomic E-state index is 0.313. The minimum atomic E-state index is 0.313. The van der Waals surface area contributed by atoms with Crippen molar-refractivity contribution in [2.45, 2.75) is 26.2 Å². The highest BCUT2D eigenvalue weighted by molar-refractivity contribution is 5.60.